The second-order valence-electron chi connectivity index (χ2n) is 4.79. The molecular formula is C14H16N2O4S. The van der Waals surface area contributed by atoms with Crippen LogP contribution in [0.5, 0.6) is 0 Å². The predicted molar refractivity (Wildman–Crippen MR) is 80.2 cm³/mol. The second kappa shape index (κ2) is 6.62. The minimum Gasteiger partial charge on any atom is -0.480 e. The van der Waals surface area contributed by atoms with E-state index in [-0.39, 0.29) is 18.1 Å². The van der Waals surface area contributed by atoms with E-state index in [1.54, 1.807) is 6.07 Å². The van der Waals surface area contributed by atoms with Crippen molar-refractivity contribution in [3.05, 3.63) is 29.8 Å². The summed E-state index contributed by atoms with van der Waals surface area (Å²) in [5, 5.41) is 13.5. The maximum atomic E-state index is 12.0. The van der Waals surface area contributed by atoms with Crippen molar-refractivity contribution >= 4 is 35.2 Å². The summed E-state index contributed by atoms with van der Waals surface area (Å²) in [4.78, 5) is 34.6. The van der Waals surface area contributed by atoms with Crippen molar-refractivity contribution < 1.29 is 19.5 Å². The number of rotatable bonds is 4. The zero-order valence-electron chi connectivity index (χ0n) is 11.5. The largest absolute Gasteiger partial charge is 0.480 e. The van der Waals surface area contributed by atoms with E-state index in [4.69, 9.17) is 5.11 Å². The van der Waals surface area contributed by atoms with Crippen LogP contribution in [0.4, 0.5) is 5.69 Å². The molecule has 0 spiro atoms. The lowest BCUT2D eigenvalue weighted by Crippen LogP contribution is -2.51. The summed E-state index contributed by atoms with van der Waals surface area (Å²) < 4.78 is 0. The summed E-state index contributed by atoms with van der Waals surface area (Å²) in [5.41, 5.74) is 1.66. The molecule has 1 aromatic carbocycles. The van der Waals surface area contributed by atoms with Gasteiger partial charge in [0.15, 0.2) is 0 Å². The lowest BCUT2D eigenvalue weighted by Gasteiger charge is -2.25. The van der Waals surface area contributed by atoms with Gasteiger partial charge in [0.1, 0.15) is 6.04 Å². The fraction of sp³-hybridized carbons (Fsp3) is 0.357. The Morgan fingerprint density at radius 3 is 2.76 bits per heavy atom. The number of thioether (sulfide) groups is 1. The van der Waals surface area contributed by atoms with Gasteiger partial charge in [-0.1, -0.05) is 18.2 Å². The molecular weight excluding hydrogens is 292 g/mol. The van der Waals surface area contributed by atoms with Crippen LogP contribution < -0.4 is 10.6 Å². The van der Waals surface area contributed by atoms with Gasteiger partial charge in [-0.05, 0) is 18.6 Å². The van der Waals surface area contributed by atoms with E-state index in [1.807, 2.05) is 25.1 Å². The summed E-state index contributed by atoms with van der Waals surface area (Å²) in [6.45, 7) is 1.88. The molecule has 6 nitrogen and oxygen atoms in total. The predicted octanol–water partition coefficient (Wildman–Crippen LogP) is 1.01. The normalized spacial score (nSPS) is 21.5. The molecule has 2 amide bonds. The standard InChI is InChI=1S/C14H16N2O4S/c1-8-4-2-3-5-9(8)15-12(17)6-11-13(18)16-10(7-21-11)14(19)20/h2-5,10-11H,6-7H2,1H3,(H,15,17)(H,16,18)(H,19,20)/t10-,11-/m1/s1. The van der Waals surface area contributed by atoms with E-state index in [2.05, 4.69) is 10.6 Å². The number of carboxylic acid groups (broad SMARTS) is 1. The quantitative estimate of drug-likeness (QED) is 0.771. The molecule has 7 heteroatoms. The molecule has 112 valence electrons. The molecule has 1 aliphatic rings. The van der Waals surface area contributed by atoms with Gasteiger partial charge >= 0.3 is 5.97 Å². The number of amides is 2. The highest BCUT2D eigenvalue weighted by molar-refractivity contribution is 8.00. The molecule has 0 saturated carbocycles. The molecule has 0 aromatic heterocycles. The number of aryl methyl sites for hydroxylation is 1. The fourth-order valence-corrected chi connectivity index (χ4v) is 3.10. The Balaban J connectivity index is 1.90. The topological polar surface area (TPSA) is 95.5 Å². The average molecular weight is 308 g/mol. The Morgan fingerprint density at radius 2 is 2.14 bits per heavy atom. The number of para-hydroxylation sites is 1. The first kappa shape index (κ1) is 15.4. The van der Waals surface area contributed by atoms with Crippen LogP contribution in [0.3, 0.4) is 0 Å². The van der Waals surface area contributed by atoms with E-state index in [0.717, 1.165) is 5.56 Å². The van der Waals surface area contributed by atoms with Crippen molar-refractivity contribution in [1.82, 2.24) is 5.32 Å². The monoisotopic (exact) mass is 308 g/mol. The first-order valence-electron chi connectivity index (χ1n) is 6.47. The van der Waals surface area contributed by atoms with Gasteiger partial charge in [0.25, 0.3) is 0 Å². The number of carbonyl (C=O) groups excluding carboxylic acids is 2. The first-order chi connectivity index (χ1) is 9.97. The van der Waals surface area contributed by atoms with Gasteiger partial charge in [-0.15, -0.1) is 11.8 Å². The van der Waals surface area contributed by atoms with Crippen molar-refractivity contribution in [2.75, 3.05) is 11.1 Å². The molecule has 1 aliphatic heterocycles. The highest BCUT2D eigenvalue weighted by Crippen LogP contribution is 2.22. The molecule has 1 heterocycles. The number of aliphatic carboxylic acids is 1. The lowest BCUT2D eigenvalue weighted by molar-refractivity contribution is -0.141. The van der Waals surface area contributed by atoms with Crippen molar-refractivity contribution in [2.45, 2.75) is 24.6 Å². The van der Waals surface area contributed by atoms with Crippen LogP contribution in [-0.2, 0) is 14.4 Å². The molecule has 1 aromatic rings. The van der Waals surface area contributed by atoms with Crippen LogP contribution in [-0.4, -0.2) is 39.9 Å². The lowest BCUT2D eigenvalue weighted by atomic mass is 10.2. The van der Waals surface area contributed by atoms with E-state index >= 15 is 0 Å². The number of nitrogens with one attached hydrogen (secondary N) is 2. The summed E-state index contributed by atoms with van der Waals surface area (Å²) in [6.07, 6.45) is 0.0250. The van der Waals surface area contributed by atoms with Crippen molar-refractivity contribution in [3.8, 4) is 0 Å². The van der Waals surface area contributed by atoms with Crippen LogP contribution in [0, 0.1) is 6.92 Å². The first-order valence-corrected chi connectivity index (χ1v) is 7.52. The Kier molecular flexibility index (Phi) is 4.85. The SMILES string of the molecule is Cc1ccccc1NC(=O)C[C@H]1SC[C@H](C(=O)O)NC1=O. The number of hydrogen-bond donors (Lipinski definition) is 3. The summed E-state index contributed by atoms with van der Waals surface area (Å²) in [5.74, 6) is -1.45. The van der Waals surface area contributed by atoms with Crippen molar-refractivity contribution in [1.29, 1.82) is 0 Å². The van der Waals surface area contributed by atoms with Gasteiger partial charge in [-0.2, -0.15) is 0 Å². The van der Waals surface area contributed by atoms with E-state index in [1.165, 1.54) is 11.8 Å². The Labute approximate surface area is 126 Å². The molecule has 1 fully saturated rings. The Bertz CT molecular complexity index is 576. The molecule has 0 radical (unpaired) electrons. The minimum absolute atomic E-state index is 0.0250. The summed E-state index contributed by atoms with van der Waals surface area (Å²) in [6, 6.07) is 6.50. The van der Waals surface area contributed by atoms with Gasteiger partial charge in [0.2, 0.25) is 11.8 Å². The molecule has 0 aliphatic carbocycles. The molecule has 0 bridgehead atoms. The Hall–Kier alpha value is -2.02. The zero-order chi connectivity index (χ0) is 15.4. The van der Waals surface area contributed by atoms with Crippen LogP contribution >= 0.6 is 11.8 Å². The van der Waals surface area contributed by atoms with Crippen molar-refractivity contribution in [2.24, 2.45) is 0 Å². The van der Waals surface area contributed by atoms with Crippen LogP contribution in [0.1, 0.15) is 12.0 Å². The van der Waals surface area contributed by atoms with E-state index < -0.39 is 23.2 Å². The second-order valence-corrected chi connectivity index (χ2v) is 6.02. The number of carboxylic acids is 1. The zero-order valence-corrected chi connectivity index (χ0v) is 12.3. The highest BCUT2D eigenvalue weighted by Gasteiger charge is 2.33. The van der Waals surface area contributed by atoms with Gasteiger partial charge in [0, 0.05) is 17.9 Å². The molecule has 0 unspecified atom stereocenters. The summed E-state index contributed by atoms with van der Waals surface area (Å²) >= 11 is 1.20. The number of benzene rings is 1. The van der Waals surface area contributed by atoms with Crippen LogP contribution in [0.2, 0.25) is 0 Å². The Morgan fingerprint density at radius 1 is 1.43 bits per heavy atom. The number of hydrogen-bond acceptors (Lipinski definition) is 4. The molecule has 2 atom stereocenters. The fourth-order valence-electron chi connectivity index (χ4n) is 1.96. The molecule has 1 saturated heterocycles. The van der Waals surface area contributed by atoms with E-state index in [9.17, 15) is 14.4 Å². The van der Waals surface area contributed by atoms with Gasteiger partial charge in [-0.25, -0.2) is 4.79 Å². The maximum absolute atomic E-state index is 12.0. The van der Waals surface area contributed by atoms with Crippen LogP contribution in [0.25, 0.3) is 0 Å². The molecule has 21 heavy (non-hydrogen) atoms. The van der Waals surface area contributed by atoms with Gasteiger partial charge in [0.05, 0.1) is 5.25 Å². The third-order valence-corrected chi connectivity index (χ3v) is 4.47. The average Bonchev–Trinajstić information content (AvgIpc) is 2.43. The number of anilines is 1. The minimum atomic E-state index is -1.06. The third-order valence-electron chi connectivity index (χ3n) is 3.16. The summed E-state index contributed by atoms with van der Waals surface area (Å²) in [7, 11) is 0. The molecule has 2 rings (SSSR count). The van der Waals surface area contributed by atoms with Gasteiger partial charge in [-0.3, -0.25) is 9.59 Å². The molecule has 3 N–H and O–H groups in total. The van der Waals surface area contributed by atoms with Crippen LogP contribution in [0.15, 0.2) is 24.3 Å². The van der Waals surface area contributed by atoms with E-state index in [0.29, 0.717) is 5.69 Å². The van der Waals surface area contributed by atoms with Crippen molar-refractivity contribution in [3.63, 3.8) is 0 Å². The third kappa shape index (κ3) is 3.98. The number of carbonyl (C=O) groups is 3. The smallest absolute Gasteiger partial charge is 0.327 e. The van der Waals surface area contributed by atoms with Gasteiger partial charge < -0.3 is 15.7 Å². The maximum Gasteiger partial charge on any atom is 0.327 e. The highest BCUT2D eigenvalue weighted by atomic mass is 32.2.